The van der Waals surface area contributed by atoms with E-state index < -0.39 is 17.6 Å². The van der Waals surface area contributed by atoms with Gasteiger partial charge in [0.15, 0.2) is 5.83 Å². The second-order valence-electron chi connectivity index (χ2n) is 3.66. The van der Waals surface area contributed by atoms with Crippen LogP contribution in [-0.2, 0) is 0 Å². The molecule has 1 aromatic carbocycles. The average Bonchev–Trinajstić information content (AvgIpc) is 2.36. The van der Waals surface area contributed by atoms with Gasteiger partial charge in [0.05, 0.1) is 11.6 Å². The Morgan fingerprint density at radius 1 is 1.31 bits per heavy atom. The van der Waals surface area contributed by atoms with E-state index in [9.17, 15) is 8.78 Å². The number of hydrogen-bond acceptors (Lipinski definition) is 1. The van der Waals surface area contributed by atoms with Crippen LogP contribution in [-0.4, -0.2) is 0 Å². The van der Waals surface area contributed by atoms with Crippen LogP contribution >= 0.6 is 0 Å². The molecule has 0 aliphatic carbocycles. The highest BCUT2D eigenvalue weighted by atomic mass is 19.2. The van der Waals surface area contributed by atoms with E-state index in [2.05, 4.69) is 0 Å². The minimum atomic E-state index is -0.834. The molecule has 0 aromatic heterocycles. The zero-order chi connectivity index (χ0) is 12.1. The van der Waals surface area contributed by atoms with Gasteiger partial charge >= 0.3 is 0 Å². The molecule has 1 unspecified atom stereocenters. The molecule has 0 aliphatic rings. The first kappa shape index (κ1) is 12.4. The fourth-order valence-electron chi connectivity index (χ4n) is 1.22. The Labute approximate surface area is 94.0 Å². The van der Waals surface area contributed by atoms with Crippen molar-refractivity contribution in [1.29, 1.82) is 5.26 Å². The number of nitriles is 1. The first-order chi connectivity index (χ1) is 7.60. The zero-order valence-electron chi connectivity index (χ0n) is 9.30. The van der Waals surface area contributed by atoms with Crippen LogP contribution in [0.3, 0.4) is 0 Å². The van der Waals surface area contributed by atoms with Gasteiger partial charge in [0.2, 0.25) is 0 Å². The Morgan fingerprint density at radius 2 is 1.88 bits per heavy atom. The van der Waals surface area contributed by atoms with Crippen molar-refractivity contribution < 1.29 is 8.78 Å². The van der Waals surface area contributed by atoms with Crippen LogP contribution < -0.4 is 0 Å². The van der Waals surface area contributed by atoms with Crippen LogP contribution in [0.15, 0.2) is 30.1 Å². The standard InChI is InChI=1S/C13H13F2N/c1-3-9(2)12(14)13(15)11-6-4-10(8-16)5-7-11/h4-7,9H,3H2,1-2H3/b13-12+. The van der Waals surface area contributed by atoms with Crippen molar-refractivity contribution in [2.24, 2.45) is 5.92 Å². The molecule has 3 heteroatoms. The summed E-state index contributed by atoms with van der Waals surface area (Å²) in [5, 5.41) is 8.57. The lowest BCUT2D eigenvalue weighted by molar-refractivity contribution is 0.470. The molecule has 0 heterocycles. The van der Waals surface area contributed by atoms with E-state index in [1.165, 1.54) is 24.3 Å². The Balaban J connectivity index is 3.05. The molecule has 16 heavy (non-hydrogen) atoms. The summed E-state index contributed by atoms with van der Waals surface area (Å²) < 4.78 is 27.1. The molecule has 1 rings (SSSR count). The Morgan fingerprint density at radius 3 is 2.31 bits per heavy atom. The second-order valence-corrected chi connectivity index (χ2v) is 3.66. The van der Waals surface area contributed by atoms with Crippen LogP contribution in [0.25, 0.3) is 5.83 Å². The third-order valence-electron chi connectivity index (χ3n) is 2.52. The average molecular weight is 221 g/mol. The van der Waals surface area contributed by atoms with Crippen molar-refractivity contribution in [3.8, 4) is 6.07 Å². The summed E-state index contributed by atoms with van der Waals surface area (Å²) in [6, 6.07) is 7.69. The molecule has 0 fully saturated rings. The normalized spacial score (nSPS) is 13.9. The number of nitrogens with zero attached hydrogens (tertiary/aromatic N) is 1. The van der Waals surface area contributed by atoms with E-state index in [4.69, 9.17) is 5.26 Å². The maximum atomic E-state index is 13.6. The van der Waals surface area contributed by atoms with Gasteiger partial charge in [-0.25, -0.2) is 8.78 Å². The van der Waals surface area contributed by atoms with Gasteiger partial charge in [-0.15, -0.1) is 0 Å². The van der Waals surface area contributed by atoms with E-state index in [1.807, 2.05) is 6.07 Å². The van der Waals surface area contributed by atoms with Gasteiger partial charge in [0, 0.05) is 11.5 Å². The van der Waals surface area contributed by atoms with Crippen molar-refractivity contribution in [2.75, 3.05) is 0 Å². The number of rotatable bonds is 3. The minimum Gasteiger partial charge on any atom is -0.208 e. The third kappa shape index (κ3) is 2.66. The monoisotopic (exact) mass is 221 g/mol. The maximum absolute atomic E-state index is 13.6. The highest BCUT2D eigenvalue weighted by Gasteiger charge is 2.14. The Hall–Kier alpha value is -1.69. The van der Waals surface area contributed by atoms with Gasteiger partial charge in [-0.05, 0) is 18.6 Å². The molecule has 1 nitrogen and oxygen atoms in total. The molecule has 1 aromatic rings. The molecule has 0 amide bonds. The van der Waals surface area contributed by atoms with Gasteiger partial charge in [-0.3, -0.25) is 0 Å². The molecule has 0 saturated carbocycles. The van der Waals surface area contributed by atoms with E-state index in [1.54, 1.807) is 13.8 Å². The molecule has 0 N–H and O–H groups in total. The number of benzene rings is 1. The van der Waals surface area contributed by atoms with Crippen LogP contribution in [0.4, 0.5) is 8.78 Å². The lowest BCUT2D eigenvalue weighted by Crippen LogP contribution is -1.95. The van der Waals surface area contributed by atoms with Crippen LogP contribution in [0, 0.1) is 17.2 Å². The van der Waals surface area contributed by atoms with Crippen molar-refractivity contribution in [1.82, 2.24) is 0 Å². The number of allylic oxidation sites excluding steroid dienone is 1. The fourth-order valence-corrected chi connectivity index (χ4v) is 1.22. The lowest BCUT2D eigenvalue weighted by Gasteiger charge is -2.07. The molecule has 1 atom stereocenters. The Bertz CT molecular complexity index is 426. The summed E-state index contributed by atoms with van der Waals surface area (Å²) in [7, 11) is 0. The maximum Gasteiger partial charge on any atom is 0.162 e. The largest absolute Gasteiger partial charge is 0.208 e. The predicted molar refractivity (Wildman–Crippen MR) is 59.7 cm³/mol. The second kappa shape index (κ2) is 5.41. The minimum absolute atomic E-state index is 0.178. The lowest BCUT2D eigenvalue weighted by atomic mass is 10.0. The summed E-state index contributed by atoms with van der Waals surface area (Å²) in [4.78, 5) is 0. The molecular formula is C13H13F2N. The first-order valence-electron chi connectivity index (χ1n) is 5.15. The molecule has 0 saturated heterocycles. The van der Waals surface area contributed by atoms with Gasteiger partial charge < -0.3 is 0 Å². The fraction of sp³-hybridized carbons (Fsp3) is 0.308. The van der Waals surface area contributed by atoms with Gasteiger partial charge in [0.1, 0.15) is 5.83 Å². The predicted octanol–water partition coefficient (Wildman–Crippen LogP) is 4.21. The summed E-state index contributed by atoms with van der Waals surface area (Å²) in [6.07, 6.45) is 0.551. The highest BCUT2D eigenvalue weighted by molar-refractivity contribution is 5.61. The molecular weight excluding hydrogens is 208 g/mol. The van der Waals surface area contributed by atoms with Gasteiger partial charge in [-0.1, -0.05) is 26.0 Å². The number of hydrogen-bond donors (Lipinski definition) is 0. The molecule has 0 bridgehead atoms. The summed E-state index contributed by atoms with van der Waals surface area (Å²) >= 11 is 0. The third-order valence-corrected chi connectivity index (χ3v) is 2.52. The topological polar surface area (TPSA) is 23.8 Å². The van der Waals surface area contributed by atoms with Gasteiger partial charge in [0.25, 0.3) is 0 Å². The SMILES string of the molecule is CCC(C)/C(F)=C(\F)c1ccc(C#N)cc1. The highest BCUT2D eigenvalue weighted by Crippen LogP contribution is 2.27. The van der Waals surface area contributed by atoms with Crippen molar-refractivity contribution in [2.45, 2.75) is 20.3 Å². The molecule has 0 aliphatic heterocycles. The molecule has 0 spiro atoms. The van der Waals surface area contributed by atoms with E-state index in [0.717, 1.165) is 0 Å². The quantitative estimate of drug-likeness (QED) is 0.749. The van der Waals surface area contributed by atoms with E-state index >= 15 is 0 Å². The Kier molecular flexibility index (Phi) is 4.19. The van der Waals surface area contributed by atoms with Crippen LogP contribution in [0.2, 0.25) is 0 Å². The first-order valence-corrected chi connectivity index (χ1v) is 5.15. The number of halogens is 2. The smallest absolute Gasteiger partial charge is 0.162 e. The van der Waals surface area contributed by atoms with E-state index in [-0.39, 0.29) is 5.56 Å². The van der Waals surface area contributed by atoms with Crippen molar-refractivity contribution in [3.05, 3.63) is 41.2 Å². The molecule has 0 radical (unpaired) electrons. The summed E-state index contributed by atoms with van der Waals surface area (Å²) in [6.45, 7) is 3.44. The van der Waals surface area contributed by atoms with E-state index in [0.29, 0.717) is 12.0 Å². The molecule has 84 valence electrons. The zero-order valence-corrected chi connectivity index (χ0v) is 9.30. The van der Waals surface area contributed by atoms with Gasteiger partial charge in [-0.2, -0.15) is 5.26 Å². The van der Waals surface area contributed by atoms with Crippen molar-refractivity contribution in [3.63, 3.8) is 0 Å². The summed E-state index contributed by atoms with van der Waals surface area (Å²) in [5.74, 6) is -1.98. The summed E-state index contributed by atoms with van der Waals surface area (Å²) in [5.41, 5.74) is 0.609. The van der Waals surface area contributed by atoms with Crippen LogP contribution in [0.1, 0.15) is 31.4 Å². The van der Waals surface area contributed by atoms with Crippen molar-refractivity contribution >= 4 is 5.83 Å². The van der Waals surface area contributed by atoms with Crippen LogP contribution in [0.5, 0.6) is 0 Å².